The number of phenolic OH excluding ortho intramolecular Hbond substituents is 1. The molecule has 0 fully saturated rings. The summed E-state index contributed by atoms with van der Waals surface area (Å²) < 4.78 is 19.6. The Morgan fingerprint density at radius 3 is 2.52 bits per heavy atom. The van der Waals surface area contributed by atoms with E-state index in [2.05, 4.69) is 0 Å². The number of hydrogen-bond acceptors (Lipinski definition) is 4. The minimum absolute atomic E-state index is 0.000362. The summed E-state index contributed by atoms with van der Waals surface area (Å²) in [6.45, 7) is 0. The van der Waals surface area contributed by atoms with Crippen LogP contribution in [-0.4, -0.2) is 15.8 Å². The summed E-state index contributed by atoms with van der Waals surface area (Å²) in [5, 5.41) is 16.9. The van der Waals surface area contributed by atoms with Crippen LogP contribution in [0.1, 0.15) is 35.4 Å². The van der Waals surface area contributed by atoms with Crippen molar-refractivity contribution < 1.29 is 14.2 Å². The molecule has 0 bridgehead atoms. The molecule has 134 valence electrons. The molecule has 1 N–H and O–H groups in total. The molecule has 2 heterocycles. The molecule has 2 aliphatic rings. The second kappa shape index (κ2) is 6.13. The van der Waals surface area contributed by atoms with Gasteiger partial charge in [0.2, 0.25) is 6.23 Å². The fourth-order valence-electron chi connectivity index (χ4n) is 3.76. The highest BCUT2D eigenvalue weighted by Gasteiger charge is 2.41. The first-order valence-corrected chi connectivity index (χ1v) is 8.86. The van der Waals surface area contributed by atoms with E-state index in [1.54, 1.807) is 24.3 Å². The maximum Gasteiger partial charge on any atom is 0.213 e. The van der Waals surface area contributed by atoms with E-state index in [4.69, 9.17) is 9.84 Å². The first kappa shape index (κ1) is 15.9. The Balaban J connectivity index is 1.61. The molecule has 3 aromatic carbocycles. The van der Waals surface area contributed by atoms with Crippen LogP contribution >= 0.6 is 0 Å². The molecule has 0 aromatic heterocycles. The van der Waals surface area contributed by atoms with E-state index < -0.39 is 6.23 Å². The Morgan fingerprint density at radius 2 is 1.70 bits per heavy atom. The molecule has 0 aliphatic carbocycles. The van der Waals surface area contributed by atoms with Gasteiger partial charge in [0, 0.05) is 23.1 Å². The maximum atomic E-state index is 13.4. The molecule has 0 saturated carbocycles. The molecule has 0 amide bonds. The van der Waals surface area contributed by atoms with Crippen LogP contribution in [0.25, 0.3) is 0 Å². The number of ether oxygens (including phenoxy) is 1. The van der Waals surface area contributed by atoms with Crippen molar-refractivity contribution in [2.75, 3.05) is 0 Å². The quantitative estimate of drug-likeness (QED) is 0.716. The monoisotopic (exact) mass is 360 g/mol. The van der Waals surface area contributed by atoms with Crippen molar-refractivity contribution in [3.63, 3.8) is 0 Å². The van der Waals surface area contributed by atoms with Crippen LogP contribution < -0.4 is 4.74 Å². The van der Waals surface area contributed by atoms with Gasteiger partial charge in [0.15, 0.2) is 0 Å². The summed E-state index contributed by atoms with van der Waals surface area (Å²) in [5.41, 5.74) is 3.43. The Morgan fingerprint density at radius 1 is 0.963 bits per heavy atom. The second-order valence-corrected chi connectivity index (χ2v) is 6.72. The van der Waals surface area contributed by atoms with Crippen LogP contribution in [0, 0.1) is 5.82 Å². The third kappa shape index (κ3) is 2.63. The largest absolute Gasteiger partial charge is 0.507 e. The SMILES string of the molecule is Oc1ccccc1C1=NN2[C@@H](C1)c1ccccc1O[C@H]2c1ccc(F)cc1. The van der Waals surface area contributed by atoms with E-state index in [1.807, 2.05) is 41.4 Å². The minimum Gasteiger partial charge on any atom is -0.507 e. The lowest BCUT2D eigenvalue weighted by Gasteiger charge is -2.38. The number of fused-ring (bicyclic) bond motifs is 3. The average Bonchev–Trinajstić information content (AvgIpc) is 3.14. The third-order valence-corrected chi connectivity index (χ3v) is 5.07. The summed E-state index contributed by atoms with van der Waals surface area (Å²) in [6.07, 6.45) is 0.212. The standard InChI is InChI=1S/C22H17FN2O2/c23-15-11-9-14(10-12-15)22-25-19(17-6-2-4-8-21(17)27-22)13-18(24-25)16-5-1-3-7-20(16)26/h1-12,19,22,26H,13H2/t19-,22-/m0/s1. The molecule has 0 unspecified atom stereocenters. The van der Waals surface area contributed by atoms with Crippen LogP contribution in [0.5, 0.6) is 11.5 Å². The predicted molar refractivity (Wildman–Crippen MR) is 100 cm³/mol. The highest BCUT2D eigenvalue weighted by molar-refractivity contribution is 6.04. The second-order valence-electron chi connectivity index (χ2n) is 6.72. The Kier molecular flexibility index (Phi) is 3.60. The van der Waals surface area contributed by atoms with Crippen molar-refractivity contribution in [2.24, 2.45) is 5.10 Å². The Labute approximate surface area is 156 Å². The lowest BCUT2D eigenvalue weighted by atomic mass is 9.95. The first-order valence-electron chi connectivity index (χ1n) is 8.86. The number of aromatic hydroxyl groups is 1. The minimum atomic E-state index is -0.450. The number of nitrogens with zero attached hydrogens (tertiary/aromatic N) is 2. The summed E-state index contributed by atoms with van der Waals surface area (Å²) in [7, 11) is 0. The maximum absolute atomic E-state index is 13.4. The van der Waals surface area contributed by atoms with E-state index in [1.165, 1.54) is 12.1 Å². The average molecular weight is 360 g/mol. The van der Waals surface area contributed by atoms with Crippen LogP contribution in [-0.2, 0) is 0 Å². The van der Waals surface area contributed by atoms with Crippen LogP contribution in [0.4, 0.5) is 4.39 Å². The van der Waals surface area contributed by atoms with Crippen molar-refractivity contribution in [3.05, 3.63) is 95.3 Å². The molecule has 5 rings (SSSR count). The normalized spacial score (nSPS) is 20.5. The molecule has 2 aliphatic heterocycles. The highest BCUT2D eigenvalue weighted by Crippen LogP contribution is 2.47. The van der Waals surface area contributed by atoms with Gasteiger partial charge < -0.3 is 9.84 Å². The van der Waals surface area contributed by atoms with Gasteiger partial charge in [-0.05, 0) is 30.3 Å². The number of benzene rings is 3. The van der Waals surface area contributed by atoms with E-state index in [0.717, 1.165) is 28.2 Å². The number of hydrazone groups is 1. The fourth-order valence-corrected chi connectivity index (χ4v) is 3.76. The Hall–Kier alpha value is -3.34. The number of phenols is 1. The molecular formula is C22H17FN2O2. The number of hydrogen-bond donors (Lipinski definition) is 1. The van der Waals surface area contributed by atoms with Crippen molar-refractivity contribution in [1.29, 1.82) is 0 Å². The number of halogens is 1. The molecule has 4 nitrogen and oxygen atoms in total. The zero-order valence-corrected chi connectivity index (χ0v) is 14.4. The lowest BCUT2D eigenvalue weighted by Crippen LogP contribution is -2.33. The summed E-state index contributed by atoms with van der Waals surface area (Å²) in [6, 6.07) is 21.4. The summed E-state index contributed by atoms with van der Waals surface area (Å²) in [4.78, 5) is 0. The van der Waals surface area contributed by atoms with Crippen molar-refractivity contribution >= 4 is 5.71 Å². The van der Waals surface area contributed by atoms with Gasteiger partial charge in [-0.3, -0.25) is 0 Å². The number of para-hydroxylation sites is 2. The molecular weight excluding hydrogens is 343 g/mol. The predicted octanol–water partition coefficient (Wildman–Crippen LogP) is 4.77. The fraction of sp³-hybridized carbons (Fsp3) is 0.136. The Bertz CT molecular complexity index is 1030. The zero-order chi connectivity index (χ0) is 18.4. The van der Waals surface area contributed by atoms with Crippen molar-refractivity contribution in [3.8, 4) is 11.5 Å². The van der Waals surface area contributed by atoms with Crippen LogP contribution in [0.15, 0.2) is 77.9 Å². The van der Waals surface area contributed by atoms with E-state index in [-0.39, 0.29) is 17.6 Å². The van der Waals surface area contributed by atoms with Gasteiger partial charge in [-0.1, -0.05) is 42.5 Å². The first-order chi connectivity index (χ1) is 13.2. The van der Waals surface area contributed by atoms with Gasteiger partial charge in [0.1, 0.15) is 17.3 Å². The third-order valence-electron chi connectivity index (χ3n) is 5.07. The molecule has 27 heavy (non-hydrogen) atoms. The van der Waals surface area contributed by atoms with Gasteiger partial charge in [0.05, 0.1) is 11.8 Å². The lowest BCUT2D eigenvalue weighted by molar-refractivity contribution is -0.0190. The van der Waals surface area contributed by atoms with Crippen molar-refractivity contribution in [1.82, 2.24) is 5.01 Å². The van der Waals surface area contributed by atoms with E-state index in [9.17, 15) is 9.50 Å². The summed E-state index contributed by atoms with van der Waals surface area (Å²) in [5.74, 6) is 0.733. The van der Waals surface area contributed by atoms with E-state index >= 15 is 0 Å². The zero-order valence-electron chi connectivity index (χ0n) is 14.4. The van der Waals surface area contributed by atoms with E-state index in [0.29, 0.717) is 6.42 Å². The summed E-state index contributed by atoms with van der Waals surface area (Å²) >= 11 is 0. The topological polar surface area (TPSA) is 45.1 Å². The molecule has 5 heteroatoms. The van der Waals surface area contributed by atoms with Crippen LogP contribution in [0.3, 0.4) is 0 Å². The molecule has 0 saturated heterocycles. The molecule has 0 radical (unpaired) electrons. The smallest absolute Gasteiger partial charge is 0.213 e. The molecule has 0 spiro atoms. The van der Waals surface area contributed by atoms with Gasteiger partial charge in [-0.2, -0.15) is 5.10 Å². The van der Waals surface area contributed by atoms with Gasteiger partial charge >= 0.3 is 0 Å². The van der Waals surface area contributed by atoms with Gasteiger partial charge in [-0.15, -0.1) is 0 Å². The van der Waals surface area contributed by atoms with Gasteiger partial charge in [0.25, 0.3) is 0 Å². The van der Waals surface area contributed by atoms with Gasteiger partial charge in [-0.25, -0.2) is 9.40 Å². The highest BCUT2D eigenvalue weighted by atomic mass is 19.1. The van der Waals surface area contributed by atoms with Crippen LogP contribution in [0.2, 0.25) is 0 Å². The molecule has 2 atom stereocenters. The molecule has 3 aromatic rings. The number of rotatable bonds is 2. The van der Waals surface area contributed by atoms with Crippen molar-refractivity contribution in [2.45, 2.75) is 18.7 Å².